The molecule has 0 aliphatic carbocycles. The molecule has 0 bridgehead atoms. The van der Waals surface area contributed by atoms with Gasteiger partial charge in [-0.1, -0.05) is 41.1 Å². The Morgan fingerprint density at radius 1 is 1.27 bits per heavy atom. The zero-order valence-electron chi connectivity index (χ0n) is 14.1. The first kappa shape index (κ1) is 18.6. The predicted octanol–water partition coefficient (Wildman–Crippen LogP) is 3.66. The van der Waals surface area contributed by atoms with Gasteiger partial charge in [0.05, 0.1) is 22.2 Å². The normalized spacial score (nSPS) is 11.5. The number of fused-ring (bicyclic) bond motifs is 1. The number of rotatable bonds is 5. The maximum atomic E-state index is 12.4. The average molecular weight is 410 g/mol. The van der Waals surface area contributed by atoms with Crippen LogP contribution in [0.15, 0.2) is 42.5 Å². The monoisotopic (exact) mass is 409 g/mol. The summed E-state index contributed by atoms with van der Waals surface area (Å²) in [6, 6.07) is 12.1. The minimum atomic E-state index is -3.66. The van der Waals surface area contributed by atoms with Crippen molar-refractivity contribution in [3.63, 3.8) is 0 Å². The number of sulfonamides is 1. The van der Waals surface area contributed by atoms with Gasteiger partial charge >= 0.3 is 0 Å². The van der Waals surface area contributed by atoms with E-state index in [1.54, 1.807) is 18.2 Å². The van der Waals surface area contributed by atoms with Crippen LogP contribution in [-0.4, -0.2) is 32.1 Å². The van der Waals surface area contributed by atoms with Crippen LogP contribution in [0.1, 0.15) is 5.56 Å². The number of nitrogens with zero attached hydrogens (tertiary/aromatic N) is 2. The van der Waals surface area contributed by atoms with E-state index in [-0.39, 0.29) is 6.54 Å². The molecule has 6 nitrogen and oxygen atoms in total. The van der Waals surface area contributed by atoms with Gasteiger partial charge in [-0.2, -0.15) is 0 Å². The number of hydrogen-bond acceptors (Lipinski definition) is 5. The first-order valence-electron chi connectivity index (χ1n) is 7.63. The fraction of sp³-hybridized carbons (Fsp3) is 0.176. The summed E-state index contributed by atoms with van der Waals surface area (Å²) in [5, 5.41) is 3.49. The van der Waals surface area contributed by atoms with Gasteiger partial charge in [0.1, 0.15) is 6.54 Å². The molecule has 1 amide bonds. The molecule has 136 valence electrons. The van der Waals surface area contributed by atoms with Crippen LogP contribution in [0.5, 0.6) is 0 Å². The van der Waals surface area contributed by atoms with Crippen LogP contribution in [0, 0.1) is 6.92 Å². The standard InChI is InChI=1S/C17H16ClN3O3S2/c1-11-5-3-8-14-16(11)20-17(25-14)19-15(22)10-21(26(2,23)24)13-7-4-6-12(18)9-13/h3-9H,10H2,1-2H3,(H,19,20,22). The van der Waals surface area contributed by atoms with E-state index in [9.17, 15) is 13.2 Å². The second-order valence-corrected chi connectivity index (χ2v) is 9.11. The van der Waals surface area contributed by atoms with E-state index >= 15 is 0 Å². The molecule has 3 rings (SSSR count). The second kappa shape index (κ2) is 7.22. The molecule has 0 fully saturated rings. The number of nitrogens with one attached hydrogen (secondary N) is 1. The Bertz CT molecular complexity index is 1080. The summed E-state index contributed by atoms with van der Waals surface area (Å²) in [5.41, 5.74) is 2.16. The third kappa shape index (κ3) is 4.14. The lowest BCUT2D eigenvalue weighted by atomic mass is 10.2. The number of benzene rings is 2. The topological polar surface area (TPSA) is 79.4 Å². The number of carbonyl (C=O) groups excluding carboxylic acids is 1. The van der Waals surface area contributed by atoms with Crippen molar-refractivity contribution in [2.45, 2.75) is 6.92 Å². The fourth-order valence-electron chi connectivity index (χ4n) is 2.46. The molecule has 0 unspecified atom stereocenters. The van der Waals surface area contributed by atoms with E-state index in [4.69, 9.17) is 11.6 Å². The molecule has 1 heterocycles. The van der Waals surface area contributed by atoms with Gasteiger partial charge in [0.15, 0.2) is 5.13 Å². The quantitative estimate of drug-likeness (QED) is 0.697. The van der Waals surface area contributed by atoms with Crippen LogP contribution >= 0.6 is 22.9 Å². The lowest BCUT2D eigenvalue weighted by Gasteiger charge is -2.21. The number of thiazole rings is 1. The first-order chi connectivity index (χ1) is 12.2. The molecular weight excluding hydrogens is 394 g/mol. The number of amides is 1. The molecule has 0 aliphatic rings. The highest BCUT2D eigenvalue weighted by Crippen LogP contribution is 2.28. The highest BCUT2D eigenvalue weighted by Gasteiger charge is 2.21. The van der Waals surface area contributed by atoms with E-state index in [1.807, 2.05) is 25.1 Å². The molecular formula is C17H16ClN3O3S2. The Morgan fingerprint density at radius 2 is 2.00 bits per heavy atom. The molecule has 2 aromatic carbocycles. The molecule has 0 radical (unpaired) electrons. The average Bonchev–Trinajstić information content (AvgIpc) is 2.95. The van der Waals surface area contributed by atoms with Crippen LogP contribution in [-0.2, 0) is 14.8 Å². The van der Waals surface area contributed by atoms with Gasteiger partial charge in [0.25, 0.3) is 0 Å². The van der Waals surface area contributed by atoms with Crippen molar-refractivity contribution in [1.29, 1.82) is 0 Å². The number of anilines is 2. The summed E-state index contributed by atoms with van der Waals surface area (Å²) >= 11 is 7.28. The van der Waals surface area contributed by atoms with E-state index in [0.717, 1.165) is 26.3 Å². The molecule has 0 saturated carbocycles. The van der Waals surface area contributed by atoms with Crippen LogP contribution in [0.25, 0.3) is 10.2 Å². The minimum absolute atomic E-state index is 0.329. The minimum Gasteiger partial charge on any atom is -0.300 e. The van der Waals surface area contributed by atoms with Gasteiger partial charge < -0.3 is 5.32 Å². The summed E-state index contributed by atoms with van der Waals surface area (Å²) in [4.78, 5) is 16.8. The van der Waals surface area contributed by atoms with Gasteiger partial charge in [-0.05, 0) is 36.8 Å². The van der Waals surface area contributed by atoms with Crippen molar-refractivity contribution in [3.8, 4) is 0 Å². The summed E-state index contributed by atoms with van der Waals surface area (Å²) in [5.74, 6) is -0.480. The zero-order valence-corrected chi connectivity index (χ0v) is 16.5. The maximum Gasteiger partial charge on any atom is 0.246 e. The Labute approximate surface area is 160 Å². The molecule has 1 N–H and O–H groups in total. The lowest BCUT2D eigenvalue weighted by molar-refractivity contribution is -0.114. The van der Waals surface area contributed by atoms with E-state index in [2.05, 4.69) is 10.3 Å². The summed E-state index contributed by atoms with van der Waals surface area (Å²) in [6.07, 6.45) is 1.04. The number of aryl methyl sites for hydroxylation is 1. The first-order valence-corrected chi connectivity index (χ1v) is 10.7. The molecule has 9 heteroatoms. The van der Waals surface area contributed by atoms with Gasteiger partial charge in [-0.25, -0.2) is 13.4 Å². The Kier molecular flexibility index (Phi) is 5.17. The maximum absolute atomic E-state index is 12.4. The lowest BCUT2D eigenvalue weighted by Crippen LogP contribution is -2.37. The molecule has 0 atom stereocenters. The van der Waals surface area contributed by atoms with E-state index in [1.165, 1.54) is 17.4 Å². The second-order valence-electron chi connectivity index (χ2n) is 5.74. The third-order valence-electron chi connectivity index (χ3n) is 3.65. The highest BCUT2D eigenvalue weighted by molar-refractivity contribution is 7.92. The van der Waals surface area contributed by atoms with Crippen LogP contribution in [0.3, 0.4) is 0 Å². The molecule has 0 spiro atoms. The van der Waals surface area contributed by atoms with Crippen LogP contribution in [0.2, 0.25) is 5.02 Å². The van der Waals surface area contributed by atoms with Crippen molar-refractivity contribution in [2.24, 2.45) is 0 Å². The van der Waals surface area contributed by atoms with Crippen molar-refractivity contribution < 1.29 is 13.2 Å². The molecule has 26 heavy (non-hydrogen) atoms. The Morgan fingerprint density at radius 3 is 2.65 bits per heavy atom. The molecule has 1 aromatic heterocycles. The predicted molar refractivity (Wildman–Crippen MR) is 107 cm³/mol. The molecule has 3 aromatic rings. The smallest absolute Gasteiger partial charge is 0.246 e. The summed E-state index contributed by atoms with van der Waals surface area (Å²) in [7, 11) is -3.66. The fourth-order valence-corrected chi connectivity index (χ4v) is 4.45. The Balaban J connectivity index is 1.82. The number of halogens is 1. The van der Waals surface area contributed by atoms with Gasteiger partial charge in [-0.15, -0.1) is 0 Å². The summed E-state index contributed by atoms with van der Waals surface area (Å²) < 4.78 is 26.2. The van der Waals surface area contributed by atoms with Gasteiger partial charge in [-0.3, -0.25) is 9.10 Å². The molecule has 0 aliphatic heterocycles. The number of carbonyl (C=O) groups is 1. The SMILES string of the molecule is Cc1cccc2sc(NC(=O)CN(c3cccc(Cl)c3)S(C)(=O)=O)nc12. The van der Waals surface area contributed by atoms with Crippen molar-refractivity contribution >= 4 is 59.9 Å². The number of hydrogen-bond donors (Lipinski definition) is 1. The van der Waals surface area contributed by atoms with Gasteiger partial charge in [0.2, 0.25) is 15.9 Å². The largest absolute Gasteiger partial charge is 0.300 e. The zero-order chi connectivity index (χ0) is 18.9. The van der Waals surface area contributed by atoms with Crippen LogP contribution in [0.4, 0.5) is 10.8 Å². The highest BCUT2D eigenvalue weighted by atomic mass is 35.5. The third-order valence-corrected chi connectivity index (χ3v) is 5.96. The van der Waals surface area contributed by atoms with Crippen molar-refractivity contribution in [1.82, 2.24) is 4.98 Å². The number of aromatic nitrogens is 1. The Hall–Kier alpha value is -2.16. The van der Waals surface area contributed by atoms with Crippen LogP contribution < -0.4 is 9.62 Å². The number of para-hydroxylation sites is 1. The van der Waals surface area contributed by atoms with Crippen molar-refractivity contribution in [3.05, 3.63) is 53.1 Å². The summed E-state index contributed by atoms with van der Waals surface area (Å²) in [6.45, 7) is 1.58. The van der Waals surface area contributed by atoms with Gasteiger partial charge in [0, 0.05) is 5.02 Å². The van der Waals surface area contributed by atoms with E-state index < -0.39 is 15.9 Å². The van der Waals surface area contributed by atoms with Crippen molar-refractivity contribution in [2.75, 3.05) is 22.4 Å². The van der Waals surface area contributed by atoms with E-state index in [0.29, 0.717) is 15.8 Å². The molecule has 0 saturated heterocycles.